The van der Waals surface area contributed by atoms with E-state index in [0.717, 1.165) is 17.9 Å². The van der Waals surface area contributed by atoms with Crippen molar-refractivity contribution in [1.29, 1.82) is 0 Å². The van der Waals surface area contributed by atoms with Crippen LogP contribution in [0.15, 0.2) is 67.3 Å². The molecule has 3 rings (SSSR count). The Balaban J connectivity index is 1.84. The first kappa shape index (κ1) is 13.3. The normalized spacial score (nSPS) is 20.8. The molecule has 1 aliphatic heterocycles. The Bertz CT molecular complexity index is 576. The van der Waals surface area contributed by atoms with Gasteiger partial charge in [0.15, 0.2) is 0 Å². The molecule has 2 aromatic carbocycles. The first-order valence-corrected chi connectivity index (χ1v) is 7.39. The lowest BCUT2D eigenvalue weighted by Crippen LogP contribution is -1.98. The van der Waals surface area contributed by atoms with Gasteiger partial charge in [-0.2, -0.15) is 0 Å². The highest BCUT2D eigenvalue weighted by atomic mass is 35.5. The summed E-state index contributed by atoms with van der Waals surface area (Å²) in [5.74, 6) is 0. The average Bonchev–Trinajstić information content (AvgIpc) is 3.21. The standard InChI is InChI=1S/C18H18ClN/c1-2-3-9-17-18(14-10-12-15(19)13-11-14)20(17)16-7-5-4-6-8-16/h2,4-8,10-13,17-18H,1,3,9H2/t17-,18+,20?/m0/s1. The fraction of sp³-hybridized carbons (Fsp3) is 0.222. The topological polar surface area (TPSA) is 3.01 Å². The third-order valence-electron chi connectivity index (χ3n) is 3.86. The van der Waals surface area contributed by atoms with Crippen molar-refractivity contribution in [1.82, 2.24) is 0 Å². The van der Waals surface area contributed by atoms with E-state index in [4.69, 9.17) is 11.6 Å². The predicted molar refractivity (Wildman–Crippen MR) is 86.3 cm³/mol. The minimum atomic E-state index is 0.467. The van der Waals surface area contributed by atoms with Gasteiger partial charge in [0.1, 0.15) is 0 Å². The second kappa shape index (κ2) is 5.72. The fourth-order valence-corrected chi connectivity index (χ4v) is 2.99. The molecule has 0 amide bonds. The van der Waals surface area contributed by atoms with Gasteiger partial charge in [0.25, 0.3) is 0 Å². The highest BCUT2D eigenvalue weighted by Gasteiger charge is 2.47. The molecule has 20 heavy (non-hydrogen) atoms. The number of hydrogen-bond acceptors (Lipinski definition) is 1. The summed E-state index contributed by atoms with van der Waals surface area (Å²) in [4.78, 5) is 2.48. The van der Waals surface area contributed by atoms with E-state index in [1.165, 1.54) is 11.3 Å². The lowest BCUT2D eigenvalue weighted by Gasteiger charge is -2.06. The van der Waals surface area contributed by atoms with Crippen LogP contribution in [0, 0.1) is 0 Å². The first-order valence-electron chi connectivity index (χ1n) is 7.01. The number of hydrogen-bond donors (Lipinski definition) is 0. The van der Waals surface area contributed by atoms with Crippen LogP contribution in [-0.2, 0) is 0 Å². The third-order valence-corrected chi connectivity index (χ3v) is 4.12. The SMILES string of the molecule is C=CCC[C@H]1[C@@H](c2ccc(Cl)cc2)N1c1ccccc1. The van der Waals surface area contributed by atoms with Crippen LogP contribution >= 0.6 is 11.6 Å². The van der Waals surface area contributed by atoms with Crippen LogP contribution in [0.4, 0.5) is 5.69 Å². The van der Waals surface area contributed by atoms with E-state index in [9.17, 15) is 0 Å². The zero-order valence-corrected chi connectivity index (χ0v) is 12.1. The molecule has 0 bridgehead atoms. The summed E-state index contributed by atoms with van der Waals surface area (Å²) < 4.78 is 0. The molecule has 1 fully saturated rings. The van der Waals surface area contributed by atoms with Crippen molar-refractivity contribution >= 4 is 17.3 Å². The van der Waals surface area contributed by atoms with Crippen molar-refractivity contribution in [3.63, 3.8) is 0 Å². The summed E-state index contributed by atoms with van der Waals surface area (Å²) in [5.41, 5.74) is 2.63. The van der Waals surface area contributed by atoms with Gasteiger partial charge in [-0.05, 0) is 42.7 Å². The summed E-state index contributed by atoms with van der Waals surface area (Å²) in [6, 6.07) is 19.9. The van der Waals surface area contributed by atoms with Gasteiger partial charge < -0.3 is 4.90 Å². The first-order chi connectivity index (χ1) is 9.81. The van der Waals surface area contributed by atoms with E-state index in [1.54, 1.807) is 0 Å². The molecule has 2 atom stereocenters. The Kier molecular flexibility index (Phi) is 3.79. The van der Waals surface area contributed by atoms with Gasteiger partial charge >= 0.3 is 0 Å². The van der Waals surface area contributed by atoms with Gasteiger partial charge in [-0.3, -0.25) is 0 Å². The summed E-state index contributed by atoms with van der Waals surface area (Å²) in [6.45, 7) is 3.83. The van der Waals surface area contributed by atoms with Gasteiger partial charge in [0, 0.05) is 10.7 Å². The van der Waals surface area contributed by atoms with E-state index in [2.05, 4.69) is 53.9 Å². The van der Waals surface area contributed by atoms with Gasteiger partial charge in [-0.25, -0.2) is 0 Å². The summed E-state index contributed by atoms with van der Waals surface area (Å²) in [5, 5.41) is 0.795. The second-order valence-electron chi connectivity index (χ2n) is 5.17. The van der Waals surface area contributed by atoms with E-state index in [1.807, 2.05) is 18.2 Å². The lowest BCUT2D eigenvalue weighted by molar-refractivity contribution is 0.812. The van der Waals surface area contributed by atoms with E-state index in [-0.39, 0.29) is 0 Å². The van der Waals surface area contributed by atoms with Crippen LogP contribution in [0.25, 0.3) is 0 Å². The molecule has 0 saturated carbocycles. The van der Waals surface area contributed by atoms with Crippen molar-refractivity contribution in [3.8, 4) is 0 Å². The number of anilines is 1. The maximum absolute atomic E-state index is 5.98. The Hall–Kier alpha value is -1.73. The van der Waals surface area contributed by atoms with Crippen LogP contribution < -0.4 is 4.90 Å². The Morgan fingerprint density at radius 3 is 2.40 bits per heavy atom. The molecule has 0 spiro atoms. The molecular weight excluding hydrogens is 266 g/mol. The quantitative estimate of drug-likeness (QED) is 0.536. The monoisotopic (exact) mass is 283 g/mol. The zero-order chi connectivity index (χ0) is 13.9. The van der Waals surface area contributed by atoms with Crippen LogP contribution in [0.2, 0.25) is 5.02 Å². The minimum Gasteiger partial charge on any atom is -0.357 e. The average molecular weight is 284 g/mol. The largest absolute Gasteiger partial charge is 0.357 e. The molecule has 0 aromatic heterocycles. The Morgan fingerprint density at radius 2 is 1.75 bits per heavy atom. The van der Waals surface area contributed by atoms with Crippen molar-refractivity contribution in [2.45, 2.75) is 24.9 Å². The molecule has 1 heterocycles. The molecule has 102 valence electrons. The van der Waals surface area contributed by atoms with Crippen LogP contribution in [0.5, 0.6) is 0 Å². The highest BCUT2D eigenvalue weighted by molar-refractivity contribution is 6.30. The molecule has 0 unspecified atom stereocenters. The molecule has 0 N–H and O–H groups in total. The number of benzene rings is 2. The maximum atomic E-state index is 5.98. The molecule has 1 nitrogen and oxygen atoms in total. The van der Waals surface area contributed by atoms with Crippen LogP contribution in [0.1, 0.15) is 24.4 Å². The molecular formula is C18H18ClN. The molecule has 1 aliphatic rings. The number of halogens is 1. The van der Waals surface area contributed by atoms with Gasteiger partial charge in [-0.1, -0.05) is 48.0 Å². The molecule has 0 radical (unpaired) electrons. The molecule has 2 heteroatoms. The third kappa shape index (κ3) is 2.59. The second-order valence-corrected chi connectivity index (χ2v) is 5.61. The van der Waals surface area contributed by atoms with Crippen LogP contribution in [0.3, 0.4) is 0 Å². The van der Waals surface area contributed by atoms with Crippen molar-refractivity contribution in [2.24, 2.45) is 0 Å². The number of nitrogens with zero attached hydrogens (tertiary/aromatic N) is 1. The zero-order valence-electron chi connectivity index (χ0n) is 11.4. The summed E-state index contributed by atoms with van der Waals surface area (Å²) in [6.07, 6.45) is 4.20. The fourth-order valence-electron chi connectivity index (χ4n) is 2.86. The summed E-state index contributed by atoms with van der Waals surface area (Å²) >= 11 is 5.98. The van der Waals surface area contributed by atoms with Crippen molar-refractivity contribution < 1.29 is 0 Å². The number of rotatable bonds is 5. The van der Waals surface area contributed by atoms with Crippen molar-refractivity contribution in [2.75, 3.05) is 4.90 Å². The van der Waals surface area contributed by atoms with E-state index in [0.29, 0.717) is 12.1 Å². The van der Waals surface area contributed by atoms with Crippen LogP contribution in [-0.4, -0.2) is 6.04 Å². The van der Waals surface area contributed by atoms with E-state index < -0.39 is 0 Å². The molecule has 2 aromatic rings. The summed E-state index contributed by atoms with van der Waals surface area (Å²) in [7, 11) is 0. The minimum absolute atomic E-state index is 0.467. The lowest BCUT2D eigenvalue weighted by atomic mass is 10.1. The highest BCUT2D eigenvalue weighted by Crippen LogP contribution is 2.48. The van der Waals surface area contributed by atoms with Gasteiger partial charge in [-0.15, -0.1) is 6.58 Å². The van der Waals surface area contributed by atoms with Crippen molar-refractivity contribution in [3.05, 3.63) is 77.8 Å². The predicted octanol–water partition coefficient (Wildman–Crippen LogP) is 5.24. The molecule has 1 saturated heterocycles. The maximum Gasteiger partial charge on any atom is 0.0750 e. The van der Waals surface area contributed by atoms with E-state index >= 15 is 0 Å². The molecule has 0 aliphatic carbocycles. The Labute approximate surface area is 125 Å². The number of para-hydroxylation sites is 1. The smallest absolute Gasteiger partial charge is 0.0750 e. The van der Waals surface area contributed by atoms with Gasteiger partial charge in [0.2, 0.25) is 0 Å². The van der Waals surface area contributed by atoms with Gasteiger partial charge in [0.05, 0.1) is 12.1 Å². The Morgan fingerprint density at radius 1 is 1.05 bits per heavy atom. The number of allylic oxidation sites excluding steroid dienone is 1.